The SMILES string of the molecule is CC1CC1c1ccc(CCC(=O)N(C)CCC(=O)O)o1. The Kier molecular flexibility index (Phi) is 4.47. The molecule has 1 fully saturated rings. The van der Waals surface area contributed by atoms with Crippen molar-refractivity contribution in [1.82, 2.24) is 4.90 Å². The average Bonchev–Trinajstić information content (AvgIpc) is 2.95. The van der Waals surface area contributed by atoms with Crippen molar-refractivity contribution in [2.75, 3.05) is 13.6 Å². The molecule has 2 rings (SSSR count). The van der Waals surface area contributed by atoms with E-state index in [2.05, 4.69) is 6.92 Å². The van der Waals surface area contributed by atoms with Crippen molar-refractivity contribution in [1.29, 1.82) is 0 Å². The van der Waals surface area contributed by atoms with Crippen molar-refractivity contribution in [3.8, 4) is 0 Å². The van der Waals surface area contributed by atoms with Gasteiger partial charge in [-0.1, -0.05) is 6.92 Å². The molecular weight excluding hydrogens is 258 g/mol. The summed E-state index contributed by atoms with van der Waals surface area (Å²) in [6, 6.07) is 3.94. The van der Waals surface area contributed by atoms with E-state index in [0.29, 0.717) is 24.7 Å². The highest BCUT2D eigenvalue weighted by molar-refractivity contribution is 5.76. The zero-order valence-corrected chi connectivity index (χ0v) is 12.0. The lowest BCUT2D eigenvalue weighted by molar-refractivity contribution is -0.138. The van der Waals surface area contributed by atoms with Gasteiger partial charge in [0.1, 0.15) is 11.5 Å². The molecule has 0 radical (unpaired) electrons. The van der Waals surface area contributed by atoms with E-state index < -0.39 is 5.97 Å². The molecule has 20 heavy (non-hydrogen) atoms. The van der Waals surface area contributed by atoms with E-state index in [-0.39, 0.29) is 18.9 Å². The number of aryl methyl sites for hydroxylation is 1. The van der Waals surface area contributed by atoms with E-state index in [0.717, 1.165) is 11.5 Å². The molecule has 1 heterocycles. The van der Waals surface area contributed by atoms with Crippen LogP contribution in [0.5, 0.6) is 0 Å². The first kappa shape index (κ1) is 14.6. The van der Waals surface area contributed by atoms with Gasteiger partial charge in [0, 0.05) is 32.4 Å². The maximum Gasteiger partial charge on any atom is 0.305 e. The van der Waals surface area contributed by atoms with Crippen molar-refractivity contribution in [3.05, 3.63) is 23.7 Å². The molecule has 2 unspecified atom stereocenters. The molecule has 1 saturated carbocycles. The van der Waals surface area contributed by atoms with E-state index in [1.54, 1.807) is 7.05 Å². The van der Waals surface area contributed by atoms with Crippen LogP contribution in [0.4, 0.5) is 0 Å². The zero-order chi connectivity index (χ0) is 14.7. The fourth-order valence-electron chi connectivity index (χ4n) is 2.26. The van der Waals surface area contributed by atoms with Gasteiger partial charge in [-0.2, -0.15) is 0 Å². The lowest BCUT2D eigenvalue weighted by atomic mass is 10.2. The third kappa shape index (κ3) is 3.85. The van der Waals surface area contributed by atoms with Crippen molar-refractivity contribution >= 4 is 11.9 Å². The summed E-state index contributed by atoms with van der Waals surface area (Å²) in [5.74, 6) is 2.18. The van der Waals surface area contributed by atoms with Crippen LogP contribution in [0.2, 0.25) is 0 Å². The molecule has 2 atom stereocenters. The summed E-state index contributed by atoms with van der Waals surface area (Å²) in [5.41, 5.74) is 0. The summed E-state index contributed by atoms with van der Waals surface area (Å²) in [6.45, 7) is 2.45. The van der Waals surface area contributed by atoms with Crippen LogP contribution in [0, 0.1) is 5.92 Å². The van der Waals surface area contributed by atoms with Crippen molar-refractivity contribution in [3.63, 3.8) is 0 Å². The number of hydrogen-bond donors (Lipinski definition) is 1. The van der Waals surface area contributed by atoms with Gasteiger partial charge in [-0.25, -0.2) is 0 Å². The highest BCUT2D eigenvalue weighted by atomic mass is 16.4. The maximum absolute atomic E-state index is 11.8. The first-order valence-corrected chi connectivity index (χ1v) is 7.01. The second-order valence-corrected chi connectivity index (χ2v) is 5.58. The molecule has 1 amide bonds. The highest BCUT2D eigenvalue weighted by Crippen LogP contribution is 2.47. The molecule has 1 N–H and O–H groups in total. The number of rotatable bonds is 7. The predicted molar refractivity (Wildman–Crippen MR) is 73.4 cm³/mol. The Morgan fingerprint density at radius 3 is 2.70 bits per heavy atom. The average molecular weight is 279 g/mol. The van der Waals surface area contributed by atoms with Crippen LogP contribution in [0.1, 0.15) is 43.6 Å². The molecule has 1 aliphatic rings. The molecule has 0 spiro atoms. The number of furan rings is 1. The largest absolute Gasteiger partial charge is 0.481 e. The number of hydrogen-bond acceptors (Lipinski definition) is 3. The summed E-state index contributed by atoms with van der Waals surface area (Å²) < 4.78 is 5.74. The third-order valence-electron chi connectivity index (χ3n) is 3.83. The Morgan fingerprint density at radius 2 is 2.10 bits per heavy atom. The molecule has 0 saturated heterocycles. The molecule has 0 aromatic carbocycles. The Hall–Kier alpha value is -1.78. The van der Waals surface area contributed by atoms with Crippen LogP contribution in [0.3, 0.4) is 0 Å². The van der Waals surface area contributed by atoms with Crippen LogP contribution in [-0.2, 0) is 16.0 Å². The monoisotopic (exact) mass is 279 g/mol. The normalized spacial score (nSPS) is 20.7. The van der Waals surface area contributed by atoms with E-state index in [1.807, 2.05) is 12.1 Å². The maximum atomic E-state index is 11.8. The van der Waals surface area contributed by atoms with E-state index in [9.17, 15) is 9.59 Å². The van der Waals surface area contributed by atoms with Crippen LogP contribution in [0.25, 0.3) is 0 Å². The van der Waals surface area contributed by atoms with E-state index >= 15 is 0 Å². The summed E-state index contributed by atoms with van der Waals surface area (Å²) in [5, 5.41) is 8.58. The number of carbonyl (C=O) groups excluding carboxylic acids is 1. The van der Waals surface area contributed by atoms with Crippen molar-refractivity contribution < 1.29 is 19.1 Å². The first-order chi connectivity index (χ1) is 9.47. The fourth-order valence-corrected chi connectivity index (χ4v) is 2.26. The first-order valence-electron chi connectivity index (χ1n) is 7.01. The number of nitrogens with zero attached hydrogens (tertiary/aromatic N) is 1. The predicted octanol–water partition coefficient (Wildman–Crippen LogP) is 2.27. The van der Waals surface area contributed by atoms with E-state index in [4.69, 9.17) is 9.52 Å². The minimum atomic E-state index is -0.890. The molecule has 5 heteroatoms. The summed E-state index contributed by atoms with van der Waals surface area (Å²) in [4.78, 5) is 23.7. The quantitative estimate of drug-likeness (QED) is 0.831. The second-order valence-electron chi connectivity index (χ2n) is 5.58. The van der Waals surface area contributed by atoms with Gasteiger partial charge in [-0.15, -0.1) is 0 Å². The second kappa shape index (κ2) is 6.11. The number of aliphatic carboxylic acids is 1. The molecule has 0 bridgehead atoms. The molecule has 1 aromatic heterocycles. The van der Waals surface area contributed by atoms with Gasteiger partial charge in [0.25, 0.3) is 0 Å². The van der Waals surface area contributed by atoms with Crippen molar-refractivity contribution in [2.24, 2.45) is 5.92 Å². The van der Waals surface area contributed by atoms with Crippen LogP contribution in [-0.4, -0.2) is 35.5 Å². The fraction of sp³-hybridized carbons (Fsp3) is 0.600. The Balaban J connectivity index is 1.75. The highest BCUT2D eigenvalue weighted by Gasteiger charge is 2.36. The minimum Gasteiger partial charge on any atom is -0.481 e. The molecular formula is C15H21NO4. The number of carboxylic acids is 1. The van der Waals surface area contributed by atoms with Crippen molar-refractivity contribution in [2.45, 2.75) is 38.5 Å². The topological polar surface area (TPSA) is 70.8 Å². The minimum absolute atomic E-state index is 0.0211. The Bertz CT molecular complexity index is 494. The van der Waals surface area contributed by atoms with Crippen LogP contribution in [0.15, 0.2) is 16.5 Å². The van der Waals surface area contributed by atoms with Gasteiger partial charge in [0.2, 0.25) is 5.91 Å². The molecule has 0 aliphatic heterocycles. The van der Waals surface area contributed by atoms with Gasteiger partial charge in [-0.3, -0.25) is 9.59 Å². The number of amides is 1. The summed E-state index contributed by atoms with van der Waals surface area (Å²) in [6.07, 6.45) is 2.08. The number of carbonyl (C=O) groups is 2. The van der Waals surface area contributed by atoms with Crippen LogP contribution < -0.4 is 0 Å². The summed E-state index contributed by atoms with van der Waals surface area (Å²) >= 11 is 0. The van der Waals surface area contributed by atoms with E-state index in [1.165, 1.54) is 11.3 Å². The van der Waals surface area contributed by atoms with Crippen LogP contribution >= 0.6 is 0 Å². The number of carboxylic acid groups (broad SMARTS) is 1. The van der Waals surface area contributed by atoms with Gasteiger partial charge < -0.3 is 14.4 Å². The Labute approximate surface area is 118 Å². The zero-order valence-electron chi connectivity index (χ0n) is 12.0. The van der Waals surface area contributed by atoms with Gasteiger partial charge in [-0.05, 0) is 24.5 Å². The molecule has 1 aliphatic carbocycles. The standard InChI is InChI=1S/C15H21NO4/c1-10-9-12(10)13-5-3-11(20-13)4-6-14(17)16(2)8-7-15(18)19/h3,5,10,12H,4,6-9H2,1-2H3,(H,18,19). The lowest BCUT2D eigenvalue weighted by Gasteiger charge is -2.15. The van der Waals surface area contributed by atoms with Gasteiger partial charge in [0.15, 0.2) is 0 Å². The third-order valence-corrected chi connectivity index (χ3v) is 3.83. The molecule has 110 valence electrons. The Morgan fingerprint density at radius 1 is 1.40 bits per heavy atom. The smallest absolute Gasteiger partial charge is 0.305 e. The van der Waals surface area contributed by atoms with Gasteiger partial charge in [0.05, 0.1) is 6.42 Å². The lowest BCUT2D eigenvalue weighted by Crippen LogP contribution is -2.29. The summed E-state index contributed by atoms with van der Waals surface area (Å²) in [7, 11) is 1.63. The molecule has 5 nitrogen and oxygen atoms in total. The molecule has 1 aromatic rings. The van der Waals surface area contributed by atoms with Gasteiger partial charge >= 0.3 is 5.97 Å².